The Kier molecular flexibility index (Phi) is 2.88. The molecular weight excluding hydrogens is 158 g/mol. The van der Waals surface area contributed by atoms with Gasteiger partial charge in [0.15, 0.2) is 0 Å². The summed E-state index contributed by atoms with van der Waals surface area (Å²) in [5.74, 6) is 0.585. The van der Waals surface area contributed by atoms with Crippen LogP contribution >= 0.6 is 0 Å². The van der Waals surface area contributed by atoms with Gasteiger partial charge in [0.2, 0.25) is 0 Å². The van der Waals surface area contributed by atoms with Crippen LogP contribution in [0.4, 0.5) is 0 Å². The maximum Gasteiger partial charge on any atom is -0.0199 e. The third-order valence-electron chi connectivity index (χ3n) is 1.89. The predicted octanol–water partition coefficient (Wildman–Crippen LogP) is 2.58. The van der Waals surface area contributed by atoms with Crippen molar-refractivity contribution < 1.29 is 4.21 Å². The van der Waals surface area contributed by atoms with E-state index in [2.05, 4.69) is 6.92 Å². The van der Waals surface area contributed by atoms with Gasteiger partial charge >= 0.3 is 0 Å². The monoisotopic (exact) mass is 170 g/mol. The zero-order valence-corrected chi connectivity index (χ0v) is 7.36. The molecule has 0 aromatic heterocycles. The molecule has 0 saturated heterocycles. The molecule has 11 heavy (non-hydrogen) atoms. The predicted molar refractivity (Wildman–Crippen MR) is 46.4 cm³/mol. The number of rotatable bonds is 2. The van der Waals surface area contributed by atoms with Crippen LogP contribution in [-0.2, 0) is 14.8 Å². The number of hydrogen-bond acceptors (Lipinski definition) is 3. The van der Waals surface area contributed by atoms with Crippen LogP contribution in [0.5, 0.6) is 0 Å². The van der Waals surface area contributed by atoms with Gasteiger partial charge in [-0.15, -0.1) is 4.91 Å². The van der Waals surface area contributed by atoms with E-state index in [1.54, 1.807) is 6.08 Å². The van der Waals surface area contributed by atoms with Gasteiger partial charge in [-0.1, -0.05) is 25.2 Å². The molecule has 1 unspecified atom stereocenters. The first-order chi connectivity index (χ1) is 5.24. The maximum atomic E-state index is 10.7. The lowest BCUT2D eigenvalue weighted by Gasteiger charge is -2.15. The largest absolute Gasteiger partial charge is 0.440 e. The standard InChI is InChI=1S/C8H12NOS/c1-2-7-3-5-8(6-4-7)11(9)10/h3,5-7,9H,2,4H2,1H3/q-1. The molecule has 1 N–H and O–H groups in total. The van der Waals surface area contributed by atoms with Gasteiger partial charge in [0.05, 0.1) is 0 Å². The van der Waals surface area contributed by atoms with Crippen molar-refractivity contribution in [3.8, 4) is 0 Å². The van der Waals surface area contributed by atoms with Crippen molar-refractivity contribution in [3.05, 3.63) is 23.1 Å². The highest BCUT2D eigenvalue weighted by atomic mass is 32.2. The molecular formula is C8H12NOS-. The van der Waals surface area contributed by atoms with Crippen molar-refractivity contribution in [2.45, 2.75) is 19.8 Å². The molecule has 0 aliphatic heterocycles. The highest BCUT2D eigenvalue weighted by molar-refractivity contribution is 7.78. The molecule has 62 valence electrons. The van der Waals surface area contributed by atoms with Crippen LogP contribution in [0.2, 0.25) is 0 Å². The molecule has 0 saturated carbocycles. The van der Waals surface area contributed by atoms with Gasteiger partial charge in [-0.2, -0.15) is 10.6 Å². The lowest BCUT2D eigenvalue weighted by Crippen LogP contribution is -1.97. The highest BCUT2D eigenvalue weighted by Crippen LogP contribution is 2.19. The van der Waals surface area contributed by atoms with E-state index in [0.29, 0.717) is 10.8 Å². The Morgan fingerprint density at radius 3 is 2.91 bits per heavy atom. The Morgan fingerprint density at radius 2 is 2.55 bits per heavy atom. The van der Waals surface area contributed by atoms with Crippen molar-refractivity contribution in [3.63, 3.8) is 0 Å². The summed E-state index contributed by atoms with van der Waals surface area (Å²) in [4.78, 5) is 0.648. The fourth-order valence-corrected chi connectivity index (χ4v) is 1.54. The number of hydrogen-bond donors (Lipinski definition) is 1. The fourth-order valence-electron chi connectivity index (χ4n) is 1.09. The van der Waals surface area contributed by atoms with E-state index >= 15 is 0 Å². The van der Waals surface area contributed by atoms with Gasteiger partial charge in [-0.3, -0.25) is 0 Å². The van der Waals surface area contributed by atoms with Crippen LogP contribution in [0.15, 0.2) is 23.1 Å². The molecule has 1 atom stereocenters. The van der Waals surface area contributed by atoms with Crippen LogP contribution in [-0.4, -0.2) is 0 Å². The quantitative estimate of drug-likeness (QED) is 0.636. The van der Waals surface area contributed by atoms with Crippen molar-refractivity contribution in [2.24, 2.45) is 5.92 Å². The first-order valence-electron chi connectivity index (χ1n) is 3.75. The second-order valence-corrected chi connectivity index (χ2v) is 3.65. The average Bonchev–Trinajstić information content (AvgIpc) is 2.05. The van der Waals surface area contributed by atoms with Crippen molar-refractivity contribution in [1.82, 2.24) is 0 Å². The van der Waals surface area contributed by atoms with Crippen molar-refractivity contribution in [1.29, 1.82) is 4.78 Å². The van der Waals surface area contributed by atoms with E-state index in [4.69, 9.17) is 4.78 Å². The SMILES string of the molecule is CCC1C=CC([S-](=N)=O)=CC1. The summed E-state index contributed by atoms with van der Waals surface area (Å²) in [5, 5.41) is 0. The molecule has 1 rings (SSSR count). The van der Waals surface area contributed by atoms with E-state index < -0.39 is 10.6 Å². The molecule has 3 heteroatoms. The second kappa shape index (κ2) is 3.72. The smallest absolute Gasteiger partial charge is 0.0199 e. The molecule has 0 bridgehead atoms. The summed E-state index contributed by atoms with van der Waals surface area (Å²) in [6.45, 7) is 2.13. The fraction of sp³-hybridized carbons (Fsp3) is 0.500. The normalized spacial score (nSPS) is 23.8. The minimum atomic E-state index is -1.54. The van der Waals surface area contributed by atoms with Gasteiger partial charge in [0.25, 0.3) is 0 Å². The molecule has 0 heterocycles. The van der Waals surface area contributed by atoms with Gasteiger partial charge in [-0.05, 0) is 18.8 Å². The zero-order chi connectivity index (χ0) is 8.27. The molecule has 0 aromatic rings. The lowest BCUT2D eigenvalue weighted by atomic mass is 9.98. The van der Waals surface area contributed by atoms with E-state index in [1.807, 2.05) is 12.2 Å². The molecule has 0 fully saturated rings. The van der Waals surface area contributed by atoms with E-state index in [-0.39, 0.29) is 0 Å². The van der Waals surface area contributed by atoms with Crippen LogP contribution in [0.3, 0.4) is 0 Å². The van der Waals surface area contributed by atoms with Crippen LogP contribution in [0.25, 0.3) is 0 Å². The molecule has 1 aliphatic rings. The molecule has 0 aromatic carbocycles. The minimum Gasteiger partial charge on any atom is -0.440 e. The van der Waals surface area contributed by atoms with Crippen LogP contribution < -0.4 is 0 Å². The number of allylic oxidation sites excluding steroid dienone is 3. The average molecular weight is 170 g/mol. The summed E-state index contributed by atoms with van der Waals surface area (Å²) < 4.78 is 17.6. The highest BCUT2D eigenvalue weighted by Gasteiger charge is 2.02. The van der Waals surface area contributed by atoms with Crippen LogP contribution in [0.1, 0.15) is 19.8 Å². The molecule has 1 aliphatic carbocycles. The zero-order valence-electron chi connectivity index (χ0n) is 6.54. The molecule has 2 nitrogen and oxygen atoms in total. The van der Waals surface area contributed by atoms with E-state index in [9.17, 15) is 4.21 Å². The van der Waals surface area contributed by atoms with E-state index in [0.717, 1.165) is 12.8 Å². The first-order valence-corrected chi connectivity index (χ1v) is 4.90. The Morgan fingerprint density at radius 1 is 1.82 bits per heavy atom. The number of nitrogens with one attached hydrogen (secondary N) is 1. The lowest BCUT2D eigenvalue weighted by molar-refractivity contribution is 0.600. The molecule has 0 spiro atoms. The van der Waals surface area contributed by atoms with Crippen molar-refractivity contribution >= 4 is 10.6 Å². The van der Waals surface area contributed by atoms with Gasteiger partial charge in [0.1, 0.15) is 0 Å². The maximum absolute atomic E-state index is 10.7. The van der Waals surface area contributed by atoms with E-state index in [1.165, 1.54) is 0 Å². The second-order valence-electron chi connectivity index (χ2n) is 2.64. The molecule has 0 radical (unpaired) electrons. The van der Waals surface area contributed by atoms with Gasteiger partial charge < -0.3 is 8.99 Å². The third-order valence-corrected chi connectivity index (χ3v) is 2.62. The van der Waals surface area contributed by atoms with Crippen molar-refractivity contribution in [2.75, 3.05) is 0 Å². The first kappa shape index (κ1) is 8.53. The summed E-state index contributed by atoms with van der Waals surface area (Å²) in [7, 11) is -1.54. The third kappa shape index (κ3) is 2.19. The van der Waals surface area contributed by atoms with Gasteiger partial charge in [0, 0.05) is 0 Å². The Bertz CT molecular complexity index is 255. The summed E-state index contributed by atoms with van der Waals surface area (Å²) >= 11 is 0. The summed E-state index contributed by atoms with van der Waals surface area (Å²) in [5.41, 5.74) is 0. The molecule has 0 amide bonds. The summed E-state index contributed by atoms with van der Waals surface area (Å²) in [6.07, 6.45) is 7.80. The van der Waals surface area contributed by atoms with Gasteiger partial charge in [-0.25, -0.2) is 0 Å². The summed E-state index contributed by atoms with van der Waals surface area (Å²) in [6, 6.07) is 0. The Labute approximate surface area is 69.0 Å². The van der Waals surface area contributed by atoms with Crippen LogP contribution in [0, 0.1) is 10.7 Å². The Hall–Kier alpha value is -0.570. The topological polar surface area (TPSA) is 40.9 Å². The minimum absolute atomic E-state index is 0.585. The Balaban J connectivity index is 2.67.